The van der Waals surface area contributed by atoms with Gasteiger partial charge < -0.3 is 9.64 Å². The zero-order valence-corrected chi connectivity index (χ0v) is 21.6. The maximum atomic E-state index is 13.4. The molecule has 3 nitrogen and oxygen atoms in total. The first-order chi connectivity index (χ1) is 17.4. The van der Waals surface area contributed by atoms with Crippen LogP contribution in [0.1, 0.15) is 73.1 Å². The standard InChI is InChI=1S/C33H35NO2/c1-33(2,3)27-19-16-26(17-20-27)32(35)36-29-21-18-24-12-8-9-15-28(24)30(29)31(25-13-6-4-7-14-25)34-22-10-5-11-23-34/h4,6-9,12-21,31H,5,10-11,22-23H2,1-3H3/p+1/t31-/m0/s1. The quantitative estimate of drug-likeness (QED) is 0.262. The van der Waals surface area contributed by atoms with Crippen molar-refractivity contribution in [3.05, 3.63) is 113 Å². The number of hydrogen-bond donors (Lipinski definition) is 1. The Bertz CT molecular complexity index is 1330. The smallest absolute Gasteiger partial charge is 0.343 e. The number of carbonyl (C=O) groups excluding carboxylic acids is 1. The third-order valence-corrected chi connectivity index (χ3v) is 7.45. The normalized spacial score (nSPS) is 15.5. The van der Waals surface area contributed by atoms with Gasteiger partial charge in [0, 0.05) is 5.56 Å². The van der Waals surface area contributed by atoms with Crippen LogP contribution in [0.15, 0.2) is 91.0 Å². The van der Waals surface area contributed by atoms with Crippen molar-refractivity contribution in [1.82, 2.24) is 0 Å². The van der Waals surface area contributed by atoms with Gasteiger partial charge in [0.05, 0.1) is 24.2 Å². The molecule has 0 aliphatic carbocycles. The first kappa shape index (κ1) is 24.3. The monoisotopic (exact) mass is 478 g/mol. The number of fused-ring (bicyclic) bond motifs is 1. The van der Waals surface area contributed by atoms with E-state index in [1.807, 2.05) is 30.3 Å². The van der Waals surface area contributed by atoms with Crippen LogP contribution < -0.4 is 9.64 Å². The first-order valence-electron chi connectivity index (χ1n) is 13.2. The van der Waals surface area contributed by atoms with Gasteiger partial charge in [-0.2, -0.15) is 0 Å². The average Bonchev–Trinajstić information content (AvgIpc) is 2.90. The number of esters is 1. The number of rotatable bonds is 5. The van der Waals surface area contributed by atoms with E-state index in [1.54, 1.807) is 0 Å². The lowest BCUT2D eigenvalue weighted by molar-refractivity contribution is -0.930. The first-order valence-corrected chi connectivity index (χ1v) is 13.2. The van der Waals surface area contributed by atoms with Gasteiger partial charge >= 0.3 is 5.97 Å². The number of nitrogens with one attached hydrogen (secondary N) is 1. The van der Waals surface area contributed by atoms with Crippen LogP contribution in [0, 0.1) is 0 Å². The summed E-state index contributed by atoms with van der Waals surface area (Å²) in [6, 6.07) is 31.2. The lowest BCUT2D eigenvalue weighted by atomic mass is 9.87. The molecule has 1 fully saturated rings. The van der Waals surface area contributed by atoms with Crippen LogP contribution in [0.3, 0.4) is 0 Å². The molecule has 1 heterocycles. The molecule has 0 amide bonds. The Labute approximate surface area is 214 Å². The molecule has 1 aliphatic heterocycles. The molecular weight excluding hydrogens is 442 g/mol. The Morgan fingerprint density at radius 3 is 2.14 bits per heavy atom. The van der Waals surface area contributed by atoms with Crippen LogP contribution in [-0.2, 0) is 5.41 Å². The van der Waals surface area contributed by atoms with E-state index in [0.717, 1.165) is 24.0 Å². The molecular formula is C33H36NO2+. The van der Waals surface area contributed by atoms with E-state index in [1.165, 1.54) is 40.7 Å². The van der Waals surface area contributed by atoms with Crippen LogP contribution in [0.2, 0.25) is 0 Å². The molecule has 184 valence electrons. The van der Waals surface area contributed by atoms with Crippen molar-refractivity contribution >= 4 is 16.7 Å². The van der Waals surface area contributed by atoms with Crippen molar-refractivity contribution in [1.29, 1.82) is 0 Å². The minimum absolute atomic E-state index is 0.0358. The zero-order chi connectivity index (χ0) is 25.1. The maximum absolute atomic E-state index is 13.4. The zero-order valence-electron chi connectivity index (χ0n) is 21.6. The highest BCUT2D eigenvalue weighted by atomic mass is 16.5. The van der Waals surface area contributed by atoms with E-state index in [-0.39, 0.29) is 17.4 Å². The number of likely N-dealkylation sites (tertiary alicyclic amines) is 1. The molecule has 1 aliphatic rings. The van der Waals surface area contributed by atoms with E-state index >= 15 is 0 Å². The highest BCUT2D eigenvalue weighted by molar-refractivity contribution is 5.94. The highest BCUT2D eigenvalue weighted by Crippen LogP contribution is 2.36. The van der Waals surface area contributed by atoms with Crippen molar-refractivity contribution in [3.63, 3.8) is 0 Å². The fourth-order valence-corrected chi connectivity index (χ4v) is 5.47. The van der Waals surface area contributed by atoms with Crippen LogP contribution in [0.5, 0.6) is 5.75 Å². The van der Waals surface area contributed by atoms with Gasteiger partial charge in [0.2, 0.25) is 0 Å². The number of carbonyl (C=O) groups is 1. The molecule has 0 aromatic heterocycles. The van der Waals surface area contributed by atoms with Gasteiger partial charge in [0.1, 0.15) is 11.8 Å². The highest BCUT2D eigenvalue weighted by Gasteiger charge is 2.32. The predicted octanol–water partition coefficient (Wildman–Crippen LogP) is 6.51. The lowest BCUT2D eigenvalue weighted by Gasteiger charge is -2.33. The molecule has 0 unspecified atom stereocenters. The Kier molecular flexibility index (Phi) is 6.93. The molecule has 1 saturated heterocycles. The summed E-state index contributed by atoms with van der Waals surface area (Å²) in [5.74, 6) is 0.345. The molecule has 0 radical (unpaired) electrons. The van der Waals surface area contributed by atoms with Crippen molar-refractivity contribution in [2.75, 3.05) is 13.1 Å². The van der Waals surface area contributed by atoms with Crippen molar-refractivity contribution in [3.8, 4) is 5.75 Å². The number of quaternary nitrogens is 1. The molecule has 0 spiro atoms. The second-order valence-electron chi connectivity index (χ2n) is 11.0. The van der Waals surface area contributed by atoms with Gasteiger partial charge in [-0.25, -0.2) is 4.79 Å². The fourth-order valence-electron chi connectivity index (χ4n) is 5.47. The van der Waals surface area contributed by atoms with Gasteiger partial charge in [-0.3, -0.25) is 0 Å². The van der Waals surface area contributed by atoms with Gasteiger partial charge in [-0.1, -0.05) is 93.6 Å². The van der Waals surface area contributed by atoms with Crippen LogP contribution in [-0.4, -0.2) is 19.1 Å². The number of ether oxygens (including phenoxy) is 1. The molecule has 36 heavy (non-hydrogen) atoms. The van der Waals surface area contributed by atoms with Crippen LogP contribution in [0.4, 0.5) is 0 Å². The van der Waals surface area contributed by atoms with Crippen LogP contribution >= 0.6 is 0 Å². The van der Waals surface area contributed by atoms with Crippen molar-refractivity contribution in [2.45, 2.75) is 51.5 Å². The third-order valence-electron chi connectivity index (χ3n) is 7.45. The predicted molar refractivity (Wildman–Crippen MR) is 147 cm³/mol. The SMILES string of the molecule is CC(C)(C)c1ccc(C(=O)Oc2ccc3ccccc3c2[C@H](c2ccccc2)[NH+]2CCCCC2)cc1. The number of hydrogen-bond acceptors (Lipinski definition) is 2. The second-order valence-corrected chi connectivity index (χ2v) is 11.0. The molecule has 5 rings (SSSR count). The Morgan fingerprint density at radius 1 is 0.778 bits per heavy atom. The number of benzene rings is 4. The Balaban J connectivity index is 1.59. The molecule has 3 heteroatoms. The van der Waals surface area contributed by atoms with E-state index in [9.17, 15) is 4.79 Å². The lowest BCUT2D eigenvalue weighted by Crippen LogP contribution is -3.13. The third kappa shape index (κ3) is 5.08. The summed E-state index contributed by atoms with van der Waals surface area (Å²) in [5.41, 5.74) is 4.18. The van der Waals surface area contributed by atoms with Gasteiger partial charge in [0.25, 0.3) is 0 Å². The maximum Gasteiger partial charge on any atom is 0.343 e. The molecule has 0 saturated carbocycles. The molecule has 4 aromatic carbocycles. The summed E-state index contributed by atoms with van der Waals surface area (Å²) in [7, 11) is 0. The van der Waals surface area contributed by atoms with Gasteiger partial charge in [0.15, 0.2) is 0 Å². The summed E-state index contributed by atoms with van der Waals surface area (Å²) in [6.07, 6.45) is 3.73. The van der Waals surface area contributed by atoms with Crippen molar-refractivity contribution < 1.29 is 14.4 Å². The molecule has 1 N–H and O–H groups in total. The van der Waals surface area contributed by atoms with E-state index in [2.05, 4.69) is 81.4 Å². The summed E-state index contributed by atoms with van der Waals surface area (Å²) >= 11 is 0. The minimum atomic E-state index is -0.313. The summed E-state index contributed by atoms with van der Waals surface area (Å²) < 4.78 is 6.21. The average molecular weight is 479 g/mol. The largest absolute Gasteiger partial charge is 0.422 e. The summed E-state index contributed by atoms with van der Waals surface area (Å²) in [4.78, 5) is 14.9. The molecule has 4 aromatic rings. The molecule has 0 bridgehead atoms. The summed E-state index contributed by atoms with van der Waals surface area (Å²) in [6.45, 7) is 8.76. The summed E-state index contributed by atoms with van der Waals surface area (Å²) in [5, 5.41) is 2.32. The second kappa shape index (κ2) is 10.3. The topological polar surface area (TPSA) is 30.7 Å². The van der Waals surface area contributed by atoms with E-state index in [0.29, 0.717) is 11.3 Å². The molecule has 1 atom stereocenters. The fraction of sp³-hybridized carbons (Fsp3) is 0.303. The Hall–Kier alpha value is -3.43. The van der Waals surface area contributed by atoms with E-state index in [4.69, 9.17) is 4.74 Å². The van der Waals surface area contributed by atoms with Crippen molar-refractivity contribution in [2.24, 2.45) is 0 Å². The van der Waals surface area contributed by atoms with E-state index < -0.39 is 0 Å². The van der Waals surface area contributed by atoms with Crippen LogP contribution in [0.25, 0.3) is 10.8 Å². The Morgan fingerprint density at radius 2 is 1.44 bits per heavy atom. The number of piperidine rings is 1. The van der Waals surface area contributed by atoms with Gasteiger partial charge in [-0.15, -0.1) is 0 Å². The van der Waals surface area contributed by atoms with Gasteiger partial charge in [-0.05, 0) is 59.2 Å². The minimum Gasteiger partial charge on any atom is -0.422 e.